The van der Waals surface area contributed by atoms with E-state index in [4.69, 9.17) is 5.11 Å². The number of hydrogen-bond acceptors (Lipinski definition) is 4. The quantitative estimate of drug-likeness (QED) is 0.874. The molecule has 2 amide bonds. The Bertz CT molecular complexity index is 503. The lowest BCUT2D eigenvalue weighted by molar-refractivity contribution is -0.137. The van der Waals surface area contributed by atoms with Crippen LogP contribution in [0.4, 0.5) is 4.79 Å². The van der Waals surface area contributed by atoms with Gasteiger partial charge in [0.15, 0.2) is 0 Å². The third-order valence-corrected chi connectivity index (χ3v) is 4.58. The van der Waals surface area contributed by atoms with Gasteiger partial charge in [-0.2, -0.15) is 0 Å². The van der Waals surface area contributed by atoms with E-state index in [1.807, 2.05) is 6.92 Å². The van der Waals surface area contributed by atoms with E-state index in [1.54, 1.807) is 22.4 Å². The predicted molar refractivity (Wildman–Crippen MR) is 80.3 cm³/mol. The number of aromatic nitrogens is 1. The van der Waals surface area contributed by atoms with Gasteiger partial charge in [0.05, 0.1) is 11.6 Å². The molecule has 0 aliphatic carbocycles. The van der Waals surface area contributed by atoms with Crippen LogP contribution in [0.2, 0.25) is 0 Å². The van der Waals surface area contributed by atoms with Crippen LogP contribution in [0.3, 0.4) is 0 Å². The highest BCUT2D eigenvalue weighted by Gasteiger charge is 2.26. The molecule has 1 saturated heterocycles. The summed E-state index contributed by atoms with van der Waals surface area (Å²) in [5.74, 6) is -0.805. The average Bonchev–Trinajstić information content (AvgIpc) is 2.88. The average molecular weight is 311 g/mol. The van der Waals surface area contributed by atoms with Crippen molar-refractivity contribution < 1.29 is 14.7 Å². The van der Waals surface area contributed by atoms with Gasteiger partial charge in [0.1, 0.15) is 0 Å². The van der Waals surface area contributed by atoms with Crippen molar-refractivity contribution >= 4 is 23.3 Å². The fourth-order valence-corrected chi connectivity index (χ4v) is 3.34. The Morgan fingerprint density at radius 3 is 3.00 bits per heavy atom. The van der Waals surface area contributed by atoms with Gasteiger partial charge in [-0.25, -0.2) is 9.78 Å². The van der Waals surface area contributed by atoms with Gasteiger partial charge >= 0.3 is 12.0 Å². The monoisotopic (exact) mass is 311 g/mol. The number of nitrogens with zero attached hydrogens (tertiary/aromatic N) is 2. The number of likely N-dealkylation sites (tertiary alicyclic amines) is 1. The van der Waals surface area contributed by atoms with Crippen LogP contribution in [0.15, 0.2) is 6.20 Å². The number of carboxylic acids is 1. The van der Waals surface area contributed by atoms with E-state index in [0.29, 0.717) is 19.5 Å². The number of aliphatic carboxylic acids is 1. The molecule has 0 saturated carbocycles. The summed E-state index contributed by atoms with van der Waals surface area (Å²) < 4.78 is 0. The van der Waals surface area contributed by atoms with Crippen LogP contribution in [-0.4, -0.2) is 39.6 Å². The summed E-state index contributed by atoms with van der Waals surface area (Å²) in [7, 11) is 0. The molecule has 1 fully saturated rings. The summed E-state index contributed by atoms with van der Waals surface area (Å²) in [4.78, 5) is 30.0. The molecule has 0 aromatic carbocycles. The van der Waals surface area contributed by atoms with E-state index in [1.165, 1.54) is 0 Å². The van der Waals surface area contributed by atoms with Crippen molar-refractivity contribution in [2.75, 3.05) is 6.54 Å². The Hall–Kier alpha value is -1.63. The number of nitrogens with one attached hydrogen (secondary N) is 1. The summed E-state index contributed by atoms with van der Waals surface area (Å²) in [5, 5.41) is 12.7. The number of piperidine rings is 1. The molecule has 1 atom stereocenters. The fourth-order valence-electron chi connectivity index (χ4n) is 2.61. The van der Waals surface area contributed by atoms with Crippen LogP contribution in [0, 0.1) is 6.92 Å². The van der Waals surface area contributed by atoms with Gasteiger partial charge in [0, 0.05) is 30.1 Å². The van der Waals surface area contributed by atoms with Crippen molar-refractivity contribution in [1.82, 2.24) is 15.2 Å². The minimum atomic E-state index is -0.805. The van der Waals surface area contributed by atoms with Crippen LogP contribution in [0.25, 0.3) is 0 Å². The molecule has 2 heterocycles. The van der Waals surface area contributed by atoms with Gasteiger partial charge in [0.25, 0.3) is 0 Å². The first-order valence-corrected chi connectivity index (χ1v) is 8.05. The third kappa shape index (κ3) is 4.70. The molecular weight excluding hydrogens is 290 g/mol. The molecule has 2 rings (SSSR count). The predicted octanol–water partition coefficient (Wildman–Crippen LogP) is 2.38. The van der Waals surface area contributed by atoms with E-state index in [-0.39, 0.29) is 18.5 Å². The van der Waals surface area contributed by atoms with E-state index in [9.17, 15) is 9.59 Å². The van der Waals surface area contributed by atoms with Crippen LogP contribution in [0.1, 0.15) is 42.0 Å². The lowest BCUT2D eigenvalue weighted by Crippen LogP contribution is -2.48. The number of urea groups is 1. The second-order valence-corrected chi connectivity index (χ2v) is 6.60. The van der Waals surface area contributed by atoms with Gasteiger partial charge in [-0.3, -0.25) is 4.79 Å². The molecular formula is C14H21N3O3S. The lowest BCUT2D eigenvalue weighted by atomic mass is 9.98. The number of carbonyl (C=O) groups is 2. The van der Waals surface area contributed by atoms with Gasteiger partial charge in [-0.05, 0) is 32.6 Å². The summed E-state index contributed by atoms with van der Waals surface area (Å²) in [6.45, 7) is 3.12. The second-order valence-electron chi connectivity index (χ2n) is 5.28. The van der Waals surface area contributed by atoms with Crippen molar-refractivity contribution in [2.24, 2.45) is 0 Å². The number of aryl methyl sites for hydroxylation is 1. The number of rotatable bonds is 5. The zero-order chi connectivity index (χ0) is 15.2. The first-order chi connectivity index (χ1) is 10.1. The number of carboxylic acid groups (broad SMARTS) is 1. The Labute approximate surface area is 128 Å². The lowest BCUT2D eigenvalue weighted by Gasteiger charge is -2.35. The van der Waals surface area contributed by atoms with Gasteiger partial charge < -0.3 is 15.3 Å². The standard InChI is InChI=1S/C14H21N3O3S/c1-10-15-8-12(21-10)9-16-14(20)17-7-3-2-4-11(17)5-6-13(18)19/h8,11H,2-7,9H2,1H3,(H,16,20)(H,18,19). The normalized spacial score (nSPS) is 18.5. The molecule has 1 aliphatic rings. The summed E-state index contributed by atoms with van der Waals surface area (Å²) >= 11 is 1.57. The molecule has 1 unspecified atom stereocenters. The zero-order valence-electron chi connectivity index (χ0n) is 12.2. The molecule has 0 bridgehead atoms. The van der Waals surface area contributed by atoms with Crippen LogP contribution < -0.4 is 5.32 Å². The molecule has 1 aromatic rings. The Balaban J connectivity index is 1.87. The fraction of sp³-hybridized carbons (Fsp3) is 0.643. The Kier molecular flexibility index (Phi) is 5.55. The number of carbonyl (C=O) groups excluding carboxylic acids is 1. The number of amides is 2. The Morgan fingerprint density at radius 1 is 1.52 bits per heavy atom. The smallest absolute Gasteiger partial charge is 0.317 e. The molecule has 2 N–H and O–H groups in total. The van der Waals surface area contributed by atoms with E-state index >= 15 is 0 Å². The third-order valence-electron chi connectivity index (χ3n) is 3.66. The molecule has 6 nitrogen and oxygen atoms in total. The number of thiazole rings is 1. The van der Waals surface area contributed by atoms with E-state index in [0.717, 1.165) is 29.1 Å². The minimum Gasteiger partial charge on any atom is -0.481 e. The highest BCUT2D eigenvalue weighted by Crippen LogP contribution is 2.21. The maximum atomic E-state index is 12.3. The highest BCUT2D eigenvalue weighted by atomic mass is 32.1. The maximum absolute atomic E-state index is 12.3. The van der Waals surface area contributed by atoms with Gasteiger partial charge in [-0.1, -0.05) is 0 Å². The first kappa shape index (κ1) is 15.8. The molecule has 0 spiro atoms. The summed E-state index contributed by atoms with van der Waals surface area (Å²) in [6, 6.07) is -0.0609. The highest BCUT2D eigenvalue weighted by molar-refractivity contribution is 7.11. The topological polar surface area (TPSA) is 82.5 Å². The Morgan fingerprint density at radius 2 is 2.33 bits per heavy atom. The summed E-state index contributed by atoms with van der Waals surface area (Å²) in [5.41, 5.74) is 0. The largest absolute Gasteiger partial charge is 0.481 e. The van der Waals surface area contributed by atoms with Crippen molar-refractivity contribution in [1.29, 1.82) is 0 Å². The minimum absolute atomic E-state index is 0.0399. The summed E-state index contributed by atoms with van der Waals surface area (Å²) in [6.07, 6.45) is 5.35. The molecule has 116 valence electrons. The zero-order valence-corrected chi connectivity index (χ0v) is 13.0. The van der Waals surface area contributed by atoms with E-state index < -0.39 is 5.97 Å². The first-order valence-electron chi connectivity index (χ1n) is 7.24. The molecule has 1 aromatic heterocycles. The SMILES string of the molecule is Cc1ncc(CNC(=O)N2CCCCC2CCC(=O)O)s1. The van der Waals surface area contributed by atoms with Crippen LogP contribution in [-0.2, 0) is 11.3 Å². The van der Waals surface area contributed by atoms with Gasteiger partial charge in [-0.15, -0.1) is 11.3 Å². The van der Waals surface area contributed by atoms with Crippen LogP contribution >= 0.6 is 11.3 Å². The molecule has 0 radical (unpaired) electrons. The molecule has 1 aliphatic heterocycles. The molecule has 7 heteroatoms. The van der Waals surface area contributed by atoms with Crippen molar-refractivity contribution in [3.8, 4) is 0 Å². The molecule has 21 heavy (non-hydrogen) atoms. The second kappa shape index (κ2) is 7.40. The van der Waals surface area contributed by atoms with E-state index in [2.05, 4.69) is 10.3 Å². The van der Waals surface area contributed by atoms with Gasteiger partial charge in [0.2, 0.25) is 0 Å². The number of hydrogen-bond donors (Lipinski definition) is 2. The van der Waals surface area contributed by atoms with Crippen molar-refractivity contribution in [2.45, 2.75) is 51.6 Å². The maximum Gasteiger partial charge on any atom is 0.317 e. The van der Waals surface area contributed by atoms with Crippen molar-refractivity contribution in [3.05, 3.63) is 16.1 Å². The van der Waals surface area contributed by atoms with Crippen LogP contribution in [0.5, 0.6) is 0 Å². The van der Waals surface area contributed by atoms with Crippen molar-refractivity contribution in [3.63, 3.8) is 0 Å².